The van der Waals surface area contributed by atoms with E-state index in [1.807, 2.05) is 18.2 Å². The van der Waals surface area contributed by atoms with Gasteiger partial charge in [-0.15, -0.1) is 11.3 Å². The smallest absolute Gasteiger partial charge is 0.348 e. The lowest BCUT2D eigenvalue weighted by molar-refractivity contribution is 0.0601. The first-order valence-corrected chi connectivity index (χ1v) is 8.65. The van der Waals surface area contributed by atoms with Crippen molar-refractivity contribution in [3.8, 4) is 5.75 Å². The van der Waals surface area contributed by atoms with Crippen molar-refractivity contribution in [3.63, 3.8) is 0 Å². The predicted octanol–water partition coefficient (Wildman–Crippen LogP) is 3.45. The Morgan fingerprint density at radius 1 is 1.08 bits per heavy atom. The number of benzene rings is 1. The van der Waals surface area contributed by atoms with Crippen LogP contribution in [-0.4, -0.2) is 38.4 Å². The molecule has 2 N–H and O–H groups in total. The minimum Gasteiger partial charge on any atom is -0.497 e. The van der Waals surface area contributed by atoms with Crippen LogP contribution in [-0.2, 0) is 9.47 Å². The van der Waals surface area contributed by atoms with Gasteiger partial charge >= 0.3 is 11.9 Å². The van der Waals surface area contributed by atoms with Gasteiger partial charge in [0.1, 0.15) is 15.6 Å². The number of esters is 2. The van der Waals surface area contributed by atoms with E-state index in [-0.39, 0.29) is 10.7 Å². The number of nitrogens with one attached hydrogen (secondary N) is 2. The Balaban J connectivity index is 2.28. The molecule has 0 aliphatic carbocycles. The number of hydrogen-bond acceptors (Lipinski definition) is 7. The van der Waals surface area contributed by atoms with Crippen molar-refractivity contribution in [2.45, 2.75) is 6.92 Å². The fourth-order valence-electron chi connectivity index (χ4n) is 2.20. The van der Waals surface area contributed by atoms with Gasteiger partial charge < -0.3 is 24.8 Å². The summed E-state index contributed by atoms with van der Waals surface area (Å²) in [5.41, 5.74) is 1.43. The van der Waals surface area contributed by atoms with Crippen LogP contribution in [0.2, 0.25) is 0 Å². The fraction of sp³-hybridized carbons (Fsp3) is 0.235. The molecule has 1 aromatic heterocycles. The first-order chi connectivity index (χ1) is 12.4. The molecule has 0 amide bonds. The highest BCUT2D eigenvalue weighted by Crippen LogP contribution is 2.34. The van der Waals surface area contributed by atoms with Crippen molar-refractivity contribution in [2.75, 3.05) is 32.0 Å². The number of methoxy groups -OCH3 is 3. The zero-order chi connectivity index (χ0) is 19.3. The molecule has 0 saturated heterocycles. The van der Waals surface area contributed by atoms with Gasteiger partial charge in [0, 0.05) is 11.8 Å². The largest absolute Gasteiger partial charge is 0.497 e. The number of ether oxygens (including phenoxy) is 3. The minimum absolute atomic E-state index is 0.243. The number of carbonyl (C=O) groups excluding carboxylic acids is 2. The van der Waals surface area contributed by atoms with Crippen LogP contribution in [0.15, 0.2) is 24.3 Å². The maximum absolute atomic E-state index is 12.1. The molecule has 138 valence electrons. The number of rotatable bonds is 5. The van der Waals surface area contributed by atoms with Crippen molar-refractivity contribution < 1.29 is 23.8 Å². The third-order valence-corrected chi connectivity index (χ3v) is 4.85. The van der Waals surface area contributed by atoms with Crippen LogP contribution in [0.3, 0.4) is 0 Å². The molecule has 0 spiro atoms. The van der Waals surface area contributed by atoms with Crippen molar-refractivity contribution in [1.82, 2.24) is 0 Å². The molecule has 0 aliphatic rings. The average molecular weight is 394 g/mol. The van der Waals surface area contributed by atoms with Gasteiger partial charge in [-0.25, -0.2) is 9.59 Å². The van der Waals surface area contributed by atoms with E-state index in [9.17, 15) is 9.59 Å². The summed E-state index contributed by atoms with van der Waals surface area (Å²) in [7, 11) is 4.12. The molecule has 2 aromatic rings. The Hall–Kier alpha value is -2.65. The maximum atomic E-state index is 12.1. The second kappa shape index (κ2) is 8.63. The van der Waals surface area contributed by atoms with Gasteiger partial charge in [-0.1, -0.05) is 6.07 Å². The van der Waals surface area contributed by atoms with Crippen molar-refractivity contribution in [1.29, 1.82) is 0 Å². The first-order valence-electron chi connectivity index (χ1n) is 7.43. The van der Waals surface area contributed by atoms with E-state index in [1.165, 1.54) is 14.2 Å². The van der Waals surface area contributed by atoms with E-state index in [4.69, 9.17) is 26.4 Å². The summed E-state index contributed by atoms with van der Waals surface area (Å²) in [5, 5.41) is 6.59. The summed E-state index contributed by atoms with van der Waals surface area (Å²) in [6.07, 6.45) is 0. The van der Waals surface area contributed by atoms with Gasteiger partial charge in [-0.2, -0.15) is 0 Å². The first kappa shape index (κ1) is 19.7. The van der Waals surface area contributed by atoms with Crippen molar-refractivity contribution in [2.24, 2.45) is 0 Å². The Labute approximate surface area is 160 Å². The molecule has 0 saturated carbocycles. The molecule has 26 heavy (non-hydrogen) atoms. The van der Waals surface area contributed by atoms with Crippen LogP contribution in [0.4, 0.5) is 10.7 Å². The summed E-state index contributed by atoms with van der Waals surface area (Å²) in [5.74, 6) is -0.425. The molecule has 0 atom stereocenters. The summed E-state index contributed by atoms with van der Waals surface area (Å²) in [6, 6.07) is 7.21. The average Bonchev–Trinajstić information content (AvgIpc) is 2.96. The van der Waals surface area contributed by atoms with Crippen molar-refractivity contribution >= 4 is 51.3 Å². The quantitative estimate of drug-likeness (QED) is 0.589. The summed E-state index contributed by atoms with van der Waals surface area (Å²) in [4.78, 5) is 24.3. The maximum Gasteiger partial charge on any atom is 0.348 e. The molecule has 0 bridgehead atoms. The molecular formula is C17H18N2O5S2. The van der Waals surface area contributed by atoms with Crippen LogP contribution in [0.1, 0.15) is 25.6 Å². The van der Waals surface area contributed by atoms with Gasteiger partial charge in [-0.3, -0.25) is 0 Å². The van der Waals surface area contributed by atoms with Gasteiger partial charge in [0.15, 0.2) is 5.11 Å². The molecule has 0 radical (unpaired) electrons. The number of hydrogen-bond donors (Lipinski definition) is 2. The topological polar surface area (TPSA) is 85.9 Å². The number of carbonyl (C=O) groups is 2. The van der Waals surface area contributed by atoms with Crippen LogP contribution < -0.4 is 15.4 Å². The monoisotopic (exact) mass is 394 g/mol. The number of thiophene rings is 1. The lowest BCUT2D eigenvalue weighted by Gasteiger charge is -2.11. The SMILES string of the molecule is COC(=O)c1sc(NC(=S)Nc2cccc(OC)c2)c(C(=O)OC)c1C. The molecular weight excluding hydrogens is 376 g/mol. The Bertz CT molecular complexity index is 848. The van der Waals surface area contributed by atoms with E-state index in [1.54, 1.807) is 20.1 Å². The van der Waals surface area contributed by atoms with Crippen LogP contribution >= 0.6 is 23.6 Å². The second-order valence-electron chi connectivity index (χ2n) is 5.05. The van der Waals surface area contributed by atoms with E-state index >= 15 is 0 Å². The molecule has 0 unspecified atom stereocenters. The second-order valence-corrected chi connectivity index (χ2v) is 6.48. The summed E-state index contributed by atoms with van der Waals surface area (Å²) >= 11 is 6.37. The molecule has 1 heterocycles. The minimum atomic E-state index is -0.569. The lowest BCUT2D eigenvalue weighted by atomic mass is 10.1. The molecule has 9 heteroatoms. The Kier molecular flexibility index (Phi) is 6.53. The van der Waals surface area contributed by atoms with Crippen molar-refractivity contribution in [3.05, 3.63) is 40.3 Å². The third-order valence-electron chi connectivity index (χ3n) is 3.46. The standard InChI is InChI=1S/C17H18N2O5S2/c1-9-12(15(20)23-3)14(26-13(9)16(21)24-4)19-17(25)18-10-6-5-7-11(8-10)22-2/h5-8H,1-4H3,(H2,18,19,25). The zero-order valence-corrected chi connectivity index (χ0v) is 16.3. The van der Waals surface area contributed by atoms with E-state index in [0.29, 0.717) is 26.9 Å². The van der Waals surface area contributed by atoms with Gasteiger partial charge in [0.2, 0.25) is 0 Å². The third kappa shape index (κ3) is 4.30. The van der Waals surface area contributed by atoms with E-state index < -0.39 is 11.9 Å². The Morgan fingerprint density at radius 3 is 2.38 bits per heavy atom. The zero-order valence-electron chi connectivity index (χ0n) is 14.7. The van der Waals surface area contributed by atoms with Crippen LogP contribution in [0.25, 0.3) is 0 Å². The molecule has 1 aromatic carbocycles. The summed E-state index contributed by atoms with van der Waals surface area (Å²) in [6.45, 7) is 1.65. The number of anilines is 2. The number of thiocarbonyl (C=S) groups is 1. The fourth-order valence-corrected chi connectivity index (χ4v) is 3.61. The highest BCUT2D eigenvalue weighted by molar-refractivity contribution is 7.80. The van der Waals surface area contributed by atoms with E-state index in [0.717, 1.165) is 11.3 Å². The molecule has 0 aliphatic heterocycles. The van der Waals surface area contributed by atoms with Gasteiger partial charge in [0.05, 0.1) is 26.9 Å². The predicted molar refractivity (Wildman–Crippen MR) is 105 cm³/mol. The highest BCUT2D eigenvalue weighted by atomic mass is 32.1. The highest BCUT2D eigenvalue weighted by Gasteiger charge is 2.26. The summed E-state index contributed by atoms with van der Waals surface area (Å²) < 4.78 is 14.7. The molecule has 2 rings (SSSR count). The van der Waals surface area contributed by atoms with Crippen LogP contribution in [0, 0.1) is 6.92 Å². The Morgan fingerprint density at radius 2 is 1.77 bits per heavy atom. The lowest BCUT2D eigenvalue weighted by Crippen LogP contribution is -2.20. The van der Waals surface area contributed by atoms with E-state index in [2.05, 4.69) is 10.6 Å². The molecule has 7 nitrogen and oxygen atoms in total. The normalized spacial score (nSPS) is 10.0. The van der Waals surface area contributed by atoms with Crippen LogP contribution in [0.5, 0.6) is 5.75 Å². The van der Waals surface area contributed by atoms with Gasteiger partial charge in [-0.05, 0) is 36.8 Å². The molecule has 0 fully saturated rings. The van der Waals surface area contributed by atoms with Gasteiger partial charge in [0.25, 0.3) is 0 Å².